The SMILES string of the molecule is COc1ccc(CN2C(=O)[C@@](O)([C@@H](C)C(=O)c3ccccc3)c3ccccc32)cc1OC. The number of carbonyl (C=O) groups excluding carboxylic acids is 2. The summed E-state index contributed by atoms with van der Waals surface area (Å²) in [7, 11) is 3.11. The van der Waals surface area contributed by atoms with Crippen molar-refractivity contribution < 1.29 is 24.2 Å². The van der Waals surface area contributed by atoms with Crippen molar-refractivity contribution in [2.75, 3.05) is 19.1 Å². The minimum absolute atomic E-state index is 0.213. The van der Waals surface area contributed by atoms with Crippen LogP contribution in [-0.2, 0) is 16.9 Å². The molecule has 0 aromatic heterocycles. The number of aliphatic hydroxyl groups is 1. The van der Waals surface area contributed by atoms with Crippen molar-refractivity contribution in [3.05, 3.63) is 89.5 Å². The monoisotopic (exact) mass is 431 g/mol. The van der Waals surface area contributed by atoms with E-state index in [-0.39, 0.29) is 12.3 Å². The molecule has 1 heterocycles. The predicted molar refractivity (Wildman–Crippen MR) is 121 cm³/mol. The smallest absolute Gasteiger partial charge is 0.264 e. The number of hydrogen-bond acceptors (Lipinski definition) is 5. The maximum Gasteiger partial charge on any atom is 0.264 e. The van der Waals surface area contributed by atoms with Gasteiger partial charge in [0, 0.05) is 11.1 Å². The van der Waals surface area contributed by atoms with Crippen LogP contribution in [-0.4, -0.2) is 31.0 Å². The highest BCUT2D eigenvalue weighted by Crippen LogP contribution is 2.46. The number of ketones is 1. The first-order valence-corrected chi connectivity index (χ1v) is 10.4. The Balaban J connectivity index is 1.72. The van der Waals surface area contributed by atoms with Gasteiger partial charge in [-0.2, -0.15) is 0 Å². The maximum absolute atomic E-state index is 13.6. The highest BCUT2D eigenvalue weighted by atomic mass is 16.5. The van der Waals surface area contributed by atoms with Gasteiger partial charge in [-0.1, -0.05) is 61.5 Å². The predicted octanol–water partition coefficient (Wildman–Crippen LogP) is 3.96. The molecule has 0 saturated heterocycles. The molecule has 1 amide bonds. The number of amides is 1. The number of fused-ring (bicyclic) bond motifs is 1. The van der Waals surface area contributed by atoms with Gasteiger partial charge in [-0.15, -0.1) is 0 Å². The second-order valence-electron chi connectivity index (χ2n) is 7.82. The van der Waals surface area contributed by atoms with Crippen LogP contribution >= 0.6 is 0 Å². The molecule has 0 spiro atoms. The number of carbonyl (C=O) groups is 2. The fourth-order valence-electron chi connectivity index (χ4n) is 4.24. The summed E-state index contributed by atoms with van der Waals surface area (Å²) in [6, 6.07) is 21.2. The molecule has 1 aliphatic rings. The zero-order chi connectivity index (χ0) is 22.9. The third-order valence-electron chi connectivity index (χ3n) is 6.04. The zero-order valence-corrected chi connectivity index (χ0v) is 18.2. The summed E-state index contributed by atoms with van der Waals surface area (Å²) in [6.07, 6.45) is 0. The molecule has 32 heavy (non-hydrogen) atoms. The lowest BCUT2D eigenvalue weighted by Crippen LogP contribution is -2.47. The lowest BCUT2D eigenvalue weighted by molar-refractivity contribution is -0.139. The molecular weight excluding hydrogens is 406 g/mol. The van der Waals surface area contributed by atoms with E-state index in [1.54, 1.807) is 75.7 Å². The van der Waals surface area contributed by atoms with E-state index in [9.17, 15) is 14.7 Å². The lowest BCUT2D eigenvalue weighted by Gasteiger charge is -2.28. The number of rotatable bonds is 7. The number of benzene rings is 3. The fourth-order valence-corrected chi connectivity index (χ4v) is 4.24. The number of nitrogens with zero attached hydrogens (tertiary/aromatic N) is 1. The molecule has 0 fully saturated rings. The Morgan fingerprint density at radius 2 is 1.62 bits per heavy atom. The minimum Gasteiger partial charge on any atom is -0.493 e. The van der Waals surface area contributed by atoms with Gasteiger partial charge in [-0.3, -0.25) is 9.59 Å². The number of anilines is 1. The summed E-state index contributed by atoms with van der Waals surface area (Å²) >= 11 is 0. The van der Waals surface area contributed by atoms with Crippen LogP contribution in [0.2, 0.25) is 0 Å². The maximum atomic E-state index is 13.6. The van der Waals surface area contributed by atoms with Crippen LogP contribution in [0, 0.1) is 5.92 Å². The first-order valence-electron chi connectivity index (χ1n) is 10.4. The minimum atomic E-state index is -1.96. The van der Waals surface area contributed by atoms with E-state index in [1.807, 2.05) is 18.2 Å². The third kappa shape index (κ3) is 3.42. The summed E-state index contributed by atoms with van der Waals surface area (Å²) in [4.78, 5) is 28.3. The van der Waals surface area contributed by atoms with Crippen molar-refractivity contribution >= 4 is 17.4 Å². The van der Waals surface area contributed by atoms with Crippen LogP contribution in [0.4, 0.5) is 5.69 Å². The van der Waals surface area contributed by atoms with Crippen molar-refractivity contribution in [2.45, 2.75) is 19.1 Å². The van der Waals surface area contributed by atoms with Crippen molar-refractivity contribution in [1.82, 2.24) is 0 Å². The van der Waals surface area contributed by atoms with E-state index in [2.05, 4.69) is 0 Å². The van der Waals surface area contributed by atoms with E-state index in [0.717, 1.165) is 5.56 Å². The molecular formula is C26H25NO5. The summed E-state index contributed by atoms with van der Waals surface area (Å²) in [5.74, 6) is -0.640. The van der Waals surface area contributed by atoms with Gasteiger partial charge in [0.25, 0.3) is 5.91 Å². The number of ether oxygens (including phenoxy) is 2. The molecule has 3 aromatic rings. The van der Waals surface area contributed by atoms with Crippen molar-refractivity contribution in [1.29, 1.82) is 0 Å². The number of para-hydroxylation sites is 1. The van der Waals surface area contributed by atoms with E-state index in [4.69, 9.17) is 9.47 Å². The molecule has 2 atom stereocenters. The van der Waals surface area contributed by atoms with Gasteiger partial charge in [-0.05, 0) is 23.8 Å². The fraction of sp³-hybridized carbons (Fsp3) is 0.231. The first kappa shape index (κ1) is 21.6. The molecule has 1 aliphatic heterocycles. The van der Waals surface area contributed by atoms with Gasteiger partial charge in [0.05, 0.1) is 32.4 Å². The topological polar surface area (TPSA) is 76.1 Å². The first-order chi connectivity index (χ1) is 15.4. The Morgan fingerprint density at radius 1 is 0.969 bits per heavy atom. The van der Waals surface area contributed by atoms with Gasteiger partial charge in [0.15, 0.2) is 22.9 Å². The molecule has 6 nitrogen and oxygen atoms in total. The zero-order valence-electron chi connectivity index (χ0n) is 18.2. The number of methoxy groups -OCH3 is 2. The van der Waals surface area contributed by atoms with Gasteiger partial charge in [0.2, 0.25) is 0 Å². The highest BCUT2D eigenvalue weighted by molar-refractivity contribution is 6.11. The van der Waals surface area contributed by atoms with E-state index < -0.39 is 17.4 Å². The average molecular weight is 431 g/mol. The second-order valence-corrected chi connectivity index (χ2v) is 7.82. The standard InChI is InChI=1S/C26H25NO5/c1-17(24(28)19-9-5-4-6-10-19)26(30)20-11-7-8-12-21(20)27(25(26)29)16-18-13-14-22(31-2)23(15-18)32-3/h4-15,17,30H,16H2,1-3H3/t17-,26+/m0/s1. The van der Waals surface area contributed by atoms with Gasteiger partial charge >= 0.3 is 0 Å². The molecule has 6 heteroatoms. The molecule has 1 N–H and O–H groups in total. The summed E-state index contributed by atoms with van der Waals surface area (Å²) in [5, 5.41) is 11.7. The van der Waals surface area contributed by atoms with Crippen molar-refractivity contribution in [2.24, 2.45) is 5.92 Å². The van der Waals surface area contributed by atoms with Crippen LogP contribution in [0.3, 0.4) is 0 Å². The summed E-state index contributed by atoms with van der Waals surface area (Å²) in [5.41, 5.74) is 0.318. The van der Waals surface area contributed by atoms with E-state index in [0.29, 0.717) is 28.3 Å². The van der Waals surface area contributed by atoms with Crippen LogP contribution < -0.4 is 14.4 Å². The van der Waals surface area contributed by atoms with Crippen LogP contribution in [0.25, 0.3) is 0 Å². The Morgan fingerprint density at radius 3 is 2.31 bits per heavy atom. The van der Waals surface area contributed by atoms with E-state index in [1.165, 1.54) is 4.90 Å². The normalized spacial score (nSPS) is 18.2. The summed E-state index contributed by atoms with van der Waals surface area (Å²) in [6.45, 7) is 1.81. The Kier molecular flexibility index (Phi) is 5.72. The highest BCUT2D eigenvalue weighted by Gasteiger charge is 2.55. The Hall–Kier alpha value is -3.64. The van der Waals surface area contributed by atoms with Gasteiger partial charge < -0.3 is 19.5 Å². The van der Waals surface area contributed by atoms with E-state index >= 15 is 0 Å². The largest absolute Gasteiger partial charge is 0.493 e. The molecule has 0 radical (unpaired) electrons. The van der Waals surface area contributed by atoms with Crippen LogP contribution in [0.15, 0.2) is 72.8 Å². The van der Waals surface area contributed by atoms with Gasteiger partial charge in [0.1, 0.15) is 0 Å². The molecule has 3 aromatic carbocycles. The second kappa shape index (κ2) is 8.48. The summed E-state index contributed by atoms with van der Waals surface area (Å²) < 4.78 is 10.7. The van der Waals surface area contributed by atoms with Crippen molar-refractivity contribution in [3.8, 4) is 11.5 Å². The van der Waals surface area contributed by atoms with Crippen molar-refractivity contribution in [3.63, 3.8) is 0 Å². The third-order valence-corrected chi connectivity index (χ3v) is 6.04. The molecule has 0 aliphatic carbocycles. The molecule has 0 saturated carbocycles. The Bertz CT molecular complexity index is 1160. The Labute approximate surface area is 187 Å². The van der Waals surface area contributed by atoms with Crippen LogP contribution in [0.5, 0.6) is 11.5 Å². The molecule has 4 rings (SSSR count). The average Bonchev–Trinajstić information content (AvgIpc) is 3.06. The van der Waals surface area contributed by atoms with Crippen LogP contribution in [0.1, 0.15) is 28.4 Å². The molecule has 0 unspecified atom stereocenters. The number of Topliss-reactive ketones (excluding diaryl/α,β-unsaturated/α-hetero) is 1. The quantitative estimate of drug-likeness (QED) is 0.573. The van der Waals surface area contributed by atoms with Gasteiger partial charge in [-0.25, -0.2) is 0 Å². The molecule has 164 valence electrons. The number of hydrogen-bond donors (Lipinski definition) is 1. The lowest BCUT2D eigenvalue weighted by atomic mass is 9.79. The molecule has 0 bridgehead atoms.